The zero-order valence-corrected chi connectivity index (χ0v) is 13.3. The van der Waals surface area contributed by atoms with Crippen LogP contribution in [0.15, 0.2) is 42.5 Å². The third kappa shape index (κ3) is 1.90. The maximum absolute atomic E-state index is 12.0. The molecular weight excluding hydrogens is 300 g/mol. The number of cyclic esters (lactones) is 2. The normalized spacial score (nSPS) is 27.4. The molecule has 2 aliphatic carbocycles. The zero-order chi connectivity index (χ0) is 16.3. The second-order valence-corrected chi connectivity index (χ2v) is 7.17. The molecule has 1 heterocycles. The van der Waals surface area contributed by atoms with Gasteiger partial charge < -0.3 is 4.74 Å². The highest BCUT2D eigenvalue weighted by Crippen LogP contribution is 2.47. The standard InChI is InChI=1S/C21H18O3/c22-20-17-9-8-13(11-19(17)21(23)24-20)15-6-3-7-16-14-5-2-1-4-12(14)10-18(15)16/h1-7,13,17,19H,8-11H2. The monoisotopic (exact) mass is 318 g/mol. The third-order valence-corrected chi connectivity index (χ3v) is 5.98. The molecule has 3 atom stereocenters. The molecule has 3 nitrogen and oxygen atoms in total. The van der Waals surface area contributed by atoms with Crippen LogP contribution in [-0.2, 0) is 20.7 Å². The molecule has 24 heavy (non-hydrogen) atoms. The summed E-state index contributed by atoms with van der Waals surface area (Å²) in [5, 5.41) is 0. The van der Waals surface area contributed by atoms with Crippen LogP contribution in [0.5, 0.6) is 0 Å². The molecule has 1 saturated heterocycles. The summed E-state index contributed by atoms with van der Waals surface area (Å²) in [6.45, 7) is 0. The number of benzene rings is 2. The van der Waals surface area contributed by atoms with Crippen molar-refractivity contribution in [2.75, 3.05) is 0 Å². The van der Waals surface area contributed by atoms with Gasteiger partial charge in [0.25, 0.3) is 0 Å². The molecule has 0 aromatic heterocycles. The molecule has 1 saturated carbocycles. The Morgan fingerprint density at radius 2 is 1.62 bits per heavy atom. The number of ether oxygens (including phenoxy) is 1. The molecule has 0 radical (unpaired) electrons. The number of carbonyl (C=O) groups excluding carboxylic acids is 2. The summed E-state index contributed by atoms with van der Waals surface area (Å²) < 4.78 is 4.86. The molecule has 3 heteroatoms. The largest absolute Gasteiger partial charge is 0.393 e. The number of carbonyl (C=O) groups is 2. The molecule has 3 aliphatic rings. The number of fused-ring (bicyclic) bond motifs is 4. The fraction of sp³-hybridized carbons (Fsp3) is 0.333. The molecule has 5 rings (SSSR count). The Morgan fingerprint density at radius 3 is 2.54 bits per heavy atom. The van der Waals surface area contributed by atoms with E-state index in [-0.39, 0.29) is 23.8 Å². The highest BCUT2D eigenvalue weighted by molar-refractivity contribution is 5.96. The number of hydrogen-bond donors (Lipinski definition) is 0. The van der Waals surface area contributed by atoms with Crippen LogP contribution in [0.3, 0.4) is 0 Å². The van der Waals surface area contributed by atoms with Crippen LogP contribution in [0.4, 0.5) is 0 Å². The minimum absolute atomic E-state index is 0.206. The quantitative estimate of drug-likeness (QED) is 0.506. The van der Waals surface area contributed by atoms with Crippen LogP contribution in [0.25, 0.3) is 11.1 Å². The van der Waals surface area contributed by atoms with Crippen molar-refractivity contribution >= 4 is 11.9 Å². The van der Waals surface area contributed by atoms with Gasteiger partial charge in [-0.25, -0.2) is 0 Å². The van der Waals surface area contributed by atoms with Crippen molar-refractivity contribution in [3.05, 3.63) is 59.2 Å². The fourth-order valence-electron chi connectivity index (χ4n) is 4.81. The Labute approximate surface area is 140 Å². The van der Waals surface area contributed by atoms with Gasteiger partial charge in [-0.2, -0.15) is 0 Å². The van der Waals surface area contributed by atoms with E-state index >= 15 is 0 Å². The Hall–Kier alpha value is -2.42. The predicted octanol–water partition coefficient (Wildman–Crippen LogP) is 3.84. The van der Waals surface area contributed by atoms with Crippen LogP contribution in [-0.4, -0.2) is 11.9 Å². The predicted molar refractivity (Wildman–Crippen MR) is 89.4 cm³/mol. The first-order chi connectivity index (χ1) is 11.7. The van der Waals surface area contributed by atoms with Crippen LogP contribution >= 0.6 is 0 Å². The first-order valence-electron chi connectivity index (χ1n) is 8.68. The molecule has 120 valence electrons. The van der Waals surface area contributed by atoms with E-state index in [9.17, 15) is 9.59 Å². The Morgan fingerprint density at radius 1 is 0.833 bits per heavy atom. The number of esters is 2. The van der Waals surface area contributed by atoms with Crippen LogP contribution in [0.2, 0.25) is 0 Å². The Balaban J connectivity index is 1.51. The molecule has 1 aliphatic heterocycles. The SMILES string of the molecule is O=C1OC(=O)C2CC(c3cccc4c3Cc3ccccc3-4)CCC12. The first-order valence-corrected chi connectivity index (χ1v) is 8.68. The molecule has 0 bridgehead atoms. The molecule has 2 fully saturated rings. The smallest absolute Gasteiger partial charge is 0.317 e. The van der Waals surface area contributed by atoms with Gasteiger partial charge in [0.15, 0.2) is 0 Å². The highest BCUT2D eigenvalue weighted by Gasteiger charge is 2.48. The van der Waals surface area contributed by atoms with Crippen molar-refractivity contribution in [1.29, 1.82) is 0 Å². The van der Waals surface area contributed by atoms with Gasteiger partial charge >= 0.3 is 11.9 Å². The van der Waals surface area contributed by atoms with Gasteiger partial charge in [-0.1, -0.05) is 42.5 Å². The Bertz CT molecular complexity index is 867. The van der Waals surface area contributed by atoms with Gasteiger partial charge in [0.2, 0.25) is 0 Å². The van der Waals surface area contributed by atoms with E-state index in [1.165, 1.54) is 27.8 Å². The lowest BCUT2D eigenvalue weighted by Crippen LogP contribution is -2.26. The molecule has 0 spiro atoms. The zero-order valence-electron chi connectivity index (χ0n) is 13.3. The van der Waals surface area contributed by atoms with E-state index < -0.39 is 0 Å². The molecule has 0 N–H and O–H groups in total. The summed E-state index contributed by atoms with van der Waals surface area (Å²) in [4.78, 5) is 23.7. The van der Waals surface area contributed by atoms with Gasteiger partial charge in [-0.05, 0) is 59.4 Å². The minimum atomic E-state index is -0.314. The van der Waals surface area contributed by atoms with E-state index in [1.54, 1.807) is 0 Å². The lowest BCUT2D eigenvalue weighted by molar-refractivity contribution is -0.153. The Kier molecular flexibility index (Phi) is 2.93. The average molecular weight is 318 g/mol. The summed E-state index contributed by atoms with van der Waals surface area (Å²) in [5.41, 5.74) is 6.80. The van der Waals surface area contributed by atoms with Crippen molar-refractivity contribution < 1.29 is 14.3 Å². The van der Waals surface area contributed by atoms with Gasteiger partial charge in [-0.15, -0.1) is 0 Å². The van der Waals surface area contributed by atoms with Crippen LogP contribution in [0.1, 0.15) is 41.9 Å². The summed E-state index contributed by atoms with van der Waals surface area (Å²) >= 11 is 0. The maximum Gasteiger partial charge on any atom is 0.317 e. The average Bonchev–Trinajstić information content (AvgIpc) is 3.12. The molecule has 2 aromatic rings. The first kappa shape index (κ1) is 14.0. The second kappa shape index (κ2) is 5.04. The summed E-state index contributed by atoms with van der Waals surface area (Å²) in [5.74, 6) is -0.729. The fourth-order valence-corrected chi connectivity index (χ4v) is 4.81. The molecular formula is C21H18O3. The summed E-state index contributed by atoms with van der Waals surface area (Å²) in [7, 11) is 0. The van der Waals surface area contributed by atoms with Crippen molar-refractivity contribution in [2.45, 2.75) is 31.6 Å². The molecule has 0 amide bonds. The molecule has 3 unspecified atom stereocenters. The number of rotatable bonds is 1. The van der Waals surface area contributed by atoms with Gasteiger partial charge in [0.05, 0.1) is 11.8 Å². The van der Waals surface area contributed by atoms with Crippen molar-refractivity contribution in [1.82, 2.24) is 0 Å². The second-order valence-electron chi connectivity index (χ2n) is 7.17. The summed E-state index contributed by atoms with van der Waals surface area (Å²) in [6, 6.07) is 15.1. The lowest BCUT2D eigenvalue weighted by atomic mass is 9.72. The van der Waals surface area contributed by atoms with Crippen molar-refractivity contribution in [3.63, 3.8) is 0 Å². The van der Waals surface area contributed by atoms with E-state index in [0.717, 1.165) is 25.7 Å². The van der Waals surface area contributed by atoms with Crippen LogP contribution < -0.4 is 0 Å². The van der Waals surface area contributed by atoms with Crippen molar-refractivity contribution in [2.24, 2.45) is 11.8 Å². The van der Waals surface area contributed by atoms with Gasteiger partial charge in [0.1, 0.15) is 0 Å². The number of hydrogen-bond acceptors (Lipinski definition) is 3. The van der Waals surface area contributed by atoms with Crippen LogP contribution in [0, 0.1) is 11.8 Å². The van der Waals surface area contributed by atoms with Gasteiger partial charge in [0, 0.05) is 0 Å². The minimum Gasteiger partial charge on any atom is -0.393 e. The van der Waals surface area contributed by atoms with E-state index in [1.807, 2.05) is 0 Å². The third-order valence-electron chi connectivity index (χ3n) is 5.98. The van der Waals surface area contributed by atoms with Gasteiger partial charge in [-0.3, -0.25) is 9.59 Å². The topological polar surface area (TPSA) is 43.4 Å². The maximum atomic E-state index is 12.0. The summed E-state index contributed by atoms with van der Waals surface area (Å²) in [6.07, 6.45) is 3.42. The lowest BCUT2D eigenvalue weighted by Gasteiger charge is -2.29. The highest BCUT2D eigenvalue weighted by atomic mass is 16.6. The van der Waals surface area contributed by atoms with E-state index in [0.29, 0.717) is 5.92 Å². The van der Waals surface area contributed by atoms with E-state index in [4.69, 9.17) is 4.74 Å². The van der Waals surface area contributed by atoms with Crippen molar-refractivity contribution in [3.8, 4) is 11.1 Å². The molecule has 2 aromatic carbocycles. The van der Waals surface area contributed by atoms with E-state index in [2.05, 4.69) is 42.5 Å².